The van der Waals surface area contributed by atoms with Gasteiger partial charge in [0.1, 0.15) is 0 Å². The summed E-state index contributed by atoms with van der Waals surface area (Å²) in [5.74, 6) is 0.142. The predicted molar refractivity (Wildman–Crippen MR) is 75.0 cm³/mol. The van der Waals surface area contributed by atoms with Gasteiger partial charge < -0.3 is 10.6 Å². The van der Waals surface area contributed by atoms with E-state index in [1.54, 1.807) is 0 Å². The van der Waals surface area contributed by atoms with Crippen molar-refractivity contribution in [2.45, 2.75) is 45.1 Å². The largest absolute Gasteiger partial charge is 0.330 e. The van der Waals surface area contributed by atoms with Crippen molar-refractivity contribution >= 4 is 10.0 Å². The number of piperidine rings is 1. The highest BCUT2D eigenvalue weighted by molar-refractivity contribution is 7.89. The molecule has 1 unspecified atom stereocenters. The van der Waals surface area contributed by atoms with Crippen LogP contribution in [0.2, 0.25) is 0 Å². The Morgan fingerprint density at radius 3 is 2.78 bits per heavy atom. The lowest BCUT2D eigenvalue weighted by molar-refractivity contribution is 0.159. The summed E-state index contributed by atoms with van der Waals surface area (Å²) in [6, 6.07) is 0.646. The maximum Gasteiger partial charge on any atom is 0.211 e. The molecule has 18 heavy (non-hydrogen) atoms. The van der Waals surface area contributed by atoms with E-state index in [9.17, 15) is 8.42 Å². The zero-order valence-electron chi connectivity index (χ0n) is 11.4. The van der Waals surface area contributed by atoms with Gasteiger partial charge in [-0.25, -0.2) is 13.1 Å². The molecule has 5 nitrogen and oxygen atoms in total. The van der Waals surface area contributed by atoms with E-state index < -0.39 is 10.0 Å². The number of hydrogen-bond donors (Lipinski definition) is 2. The van der Waals surface area contributed by atoms with Gasteiger partial charge in [0.15, 0.2) is 0 Å². The first kappa shape index (κ1) is 15.9. The minimum Gasteiger partial charge on any atom is -0.330 e. The third-order valence-corrected chi connectivity index (χ3v) is 4.97. The second kappa shape index (κ2) is 8.09. The summed E-state index contributed by atoms with van der Waals surface area (Å²) in [6.45, 7) is 5.36. The van der Waals surface area contributed by atoms with Gasteiger partial charge in [0.05, 0.1) is 5.75 Å². The summed E-state index contributed by atoms with van der Waals surface area (Å²) >= 11 is 0. The Balaban J connectivity index is 2.14. The number of nitrogens with one attached hydrogen (secondary N) is 1. The molecule has 0 aromatic rings. The molecule has 0 amide bonds. The van der Waals surface area contributed by atoms with Gasteiger partial charge in [-0.15, -0.1) is 0 Å². The zero-order chi connectivity index (χ0) is 13.4. The molecular weight excluding hydrogens is 250 g/mol. The van der Waals surface area contributed by atoms with Crippen LogP contribution in [0.5, 0.6) is 0 Å². The molecule has 1 saturated heterocycles. The number of hydrogen-bond acceptors (Lipinski definition) is 4. The normalized spacial score (nSPS) is 22.2. The molecule has 0 saturated carbocycles. The molecule has 6 heteroatoms. The first-order chi connectivity index (χ1) is 8.55. The third kappa shape index (κ3) is 6.13. The second-order valence-electron chi connectivity index (χ2n) is 5.09. The minimum absolute atomic E-state index is 0.142. The van der Waals surface area contributed by atoms with E-state index in [-0.39, 0.29) is 5.75 Å². The smallest absolute Gasteiger partial charge is 0.211 e. The topological polar surface area (TPSA) is 75.4 Å². The maximum atomic E-state index is 11.5. The average Bonchev–Trinajstić information content (AvgIpc) is 2.34. The summed E-state index contributed by atoms with van der Waals surface area (Å²) < 4.78 is 25.7. The molecule has 1 aliphatic rings. The second-order valence-corrected chi connectivity index (χ2v) is 7.02. The van der Waals surface area contributed by atoms with Crippen molar-refractivity contribution in [3.63, 3.8) is 0 Å². The number of sulfonamides is 1. The first-order valence-corrected chi connectivity index (χ1v) is 8.62. The molecule has 0 bridgehead atoms. The molecule has 0 aromatic heterocycles. The van der Waals surface area contributed by atoms with E-state index in [4.69, 9.17) is 5.73 Å². The van der Waals surface area contributed by atoms with Crippen LogP contribution in [0.1, 0.15) is 39.0 Å². The Kier molecular flexibility index (Phi) is 7.14. The van der Waals surface area contributed by atoms with Crippen molar-refractivity contribution in [1.82, 2.24) is 9.62 Å². The van der Waals surface area contributed by atoms with Crippen LogP contribution in [-0.4, -0.2) is 51.3 Å². The SMILES string of the molecule is CC1CCCCN1CCCNS(=O)(=O)CCCN. The van der Waals surface area contributed by atoms with Crippen molar-refractivity contribution in [2.24, 2.45) is 5.73 Å². The molecule has 0 aliphatic carbocycles. The van der Waals surface area contributed by atoms with Crippen LogP contribution in [0.3, 0.4) is 0 Å². The van der Waals surface area contributed by atoms with Gasteiger partial charge in [-0.05, 0) is 52.2 Å². The number of nitrogens with zero attached hydrogens (tertiary/aromatic N) is 1. The summed E-state index contributed by atoms with van der Waals surface area (Å²) in [4.78, 5) is 2.46. The van der Waals surface area contributed by atoms with E-state index in [1.807, 2.05) is 0 Å². The Labute approximate surface area is 111 Å². The zero-order valence-corrected chi connectivity index (χ0v) is 12.2. The number of nitrogens with two attached hydrogens (primary N) is 1. The molecule has 1 atom stereocenters. The fourth-order valence-electron chi connectivity index (χ4n) is 2.35. The van der Waals surface area contributed by atoms with Crippen LogP contribution < -0.4 is 10.5 Å². The van der Waals surface area contributed by atoms with E-state index >= 15 is 0 Å². The quantitative estimate of drug-likeness (QED) is 0.634. The summed E-state index contributed by atoms with van der Waals surface area (Å²) in [6.07, 6.45) is 5.27. The standard InChI is InChI=1S/C12H27N3O2S/c1-12-6-2-3-9-15(12)10-5-8-14-18(16,17)11-4-7-13/h12,14H,2-11,13H2,1H3. The van der Waals surface area contributed by atoms with Crippen molar-refractivity contribution in [3.8, 4) is 0 Å². The van der Waals surface area contributed by atoms with Gasteiger partial charge in [-0.3, -0.25) is 0 Å². The predicted octanol–water partition coefficient (Wildman–Crippen LogP) is 0.519. The van der Waals surface area contributed by atoms with Crippen molar-refractivity contribution < 1.29 is 8.42 Å². The Morgan fingerprint density at radius 2 is 2.11 bits per heavy atom. The van der Waals surface area contributed by atoms with Crippen LogP contribution in [0.25, 0.3) is 0 Å². The van der Waals surface area contributed by atoms with Gasteiger partial charge in [-0.1, -0.05) is 6.42 Å². The van der Waals surface area contributed by atoms with Crippen molar-refractivity contribution in [1.29, 1.82) is 0 Å². The molecule has 1 fully saturated rings. The average molecular weight is 277 g/mol. The van der Waals surface area contributed by atoms with Crippen LogP contribution in [0, 0.1) is 0 Å². The van der Waals surface area contributed by atoms with Gasteiger partial charge in [-0.2, -0.15) is 0 Å². The van der Waals surface area contributed by atoms with Gasteiger partial charge in [0.2, 0.25) is 10.0 Å². The highest BCUT2D eigenvalue weighted by Crippen LogP contribution is 2.16. The molecule has 0 radical (unpaired) electrons. The molecular formula is C12H27N3O2S. The van der Waals surface area contributed by atoms with E-state index in [0.29, 0.717) is 25.6 Å². The van der Waals surface area contributed by atoms with Crippen molar-refractivity contribution in [3.05, 3.63) is 0 Å². The summed E-state index contributed by atoms with van der Waals surface area (Å²) in [7, 11) is -3.11. The van der Waals surface area contributed by atoms with Crippen LogP contribution in [0.15, 0.2) is 0 Å². The van der Waals surface area contributed by atoms with E-state index in [1.165, 1.54) is 19.3 Å². The monoisotopic (exact) mass is 277 g/mol. The van der Waals surface area contributed by atoms with Gasteiger partial charge in [0, 0.05) is 12.6 Å². The molecule has 1 rings (SSSR count). The van der Waals surface area contributed by atoms with Gasteiger partial charge in [0.25, 0.3) is 0 Å². The van der Waals surface area contributed by atoms with Crippen LogP contribution in [0.4, 0.5) is 0 Å². The molecule has 0 spiro atoms. The van der Waals surface area contributed by atoms with Crippen LogP contribution >= 0.6 is 0 Å². The maximum absolute atomic E-state index is 11.5. The molecule has 0 aromatic carbocycles. The molecule has 3 N–H and O–H groups in total. The highest BCUT2D eigenvalue weighted by atomic mass is 32.2. The highest BCUT2D eigenvalue weighted by Gasteiger charge is 2.17. The number of likely N-dealkylation sites (tertiary alicyclic amines) is 1. The van der Waals surface area contributed by atoms with Crippen molar-refractivity contribution in [2.75, 3.05) is 31.9 Å². The lowest BCUT2D eigenvalue weighted by Gasteiger charge is -2.33. The summed E-state index contributed by atoms with van der Waals surface area (Å²) in [5, 5.41) is 0. The summed E-state index contributed by atoms with van der Waals surface area (Å²) in [5.41, 5.74) is 5.30. The third-order valence-electron chi connectivity index (χ3n) is 3.50. The Hall–Kier alpha value is -0.170. The van der Waals surface area contributed by atoms with Crippen LogP contribution in [-0.2, 0) is 10.0 Å². The minimum atomic E-state index is -3.11. The molecule has 1 aliphatic heterocycles. The Bertz CT molecular complexity index is 319. The van der Waals surface area contributed by atoms with E-state index in [2.05, 4.69) is 16.5 Å². The lowest BCUT2D eigenvalue weighted by Crippen LogP contribution is -2.39. The van der Waals surface area contributed by atoms with E-state index in [0.717, 1.165) is 19.5 Å². The first-order valence-electron chi connectivity index (χ1n) is 6.96. The Morgan fingerprint density at radius 1 is 1.33 bits per heavy atom. The lowest BCUT2D eigenvalue weighted by atomic mass is 10.0. The van der Waals surface area contributed by atoms with Gasteiger partial charge >= 0.3 is 0 Å². The fraction of sp³-hybridized carbons (Fsp3) is 1.00. The fourth-order valence-corrected chi connectivity index (χ4v) is 3.49. The number of rotatable bonds is 8. The molecule has 1 heterocycles. The molecule has 108 valence electrons.